The minimum absolute atomic E-state index is 0.00614. The SMILES string of the molecule is CCc1cc(C(F)(F)F)c([PH+](c2ccccc2)c2ccccc2)c(C(F)(F)F)c1C1=CC(C)(C)CC=N1. The Hall–Kier alpha value is -2.92. The van der Waals surface area contributed by atoms with Crippen molar-refractivity contribution in [3.05, 3.63) is 95.1 Å². The molecule has 0 saturated heterocycles. The fourth-order valence-corrected chi connectivity index (χ4v) is 7.69. The Morgan fingerprint density at radius 2 is 1.38 bits per heavy atom. The lowest BCUT2D eigenvalue weighted by molar-refractivity contribution is -0.141. The number of rotatable bonds is 5. The van der Waals surface area contributed by atoms with E-state index in [2.05, 4.69) is 4.99 Å². The molecule has 1 aliphatic heterocycles. The van der Waals surface area contributed by atoms with Crippen molar-refractivity contribution in [2.24, 2.45) is 10.4 Å². The molecule has 0 radical (unpaired) electrons. The van der Waals surface area contributed by atoms with E-state index in [0.717, 1.165) is 6.07 Å². The number of nitrogens with zero attached hydrogens (tertiary/aromatic N) is 1. The summed E-state index contributed by atoms with van der Waals surface area (Å²) in [6.45, 7) is 5.30. The number of aliphatic imine (C=N–C) groups is 1. The highest BCUT2D eigenvalue weighted by molar-refractivity contribution is 7.80. The maximum atomic E-state index is 15.1. The molecule has 0 aliphatic carbocycles. The summed E-state index contributed by atoms with van der Waals surface area (Å²) in [6.07, 6.45) is -6.32. The molecule has 0 amide bonds. The van der Waals surface area contributed by atoms with Crippen LogP contribution in [-0.2, 0) is 18.8 Å². The van der Waals surface area contributed by atoms with Crippen LogP contribution in [0.1, 0.15) is 49.4 Å². The number of hydrogen-bond acceptors (Lipinski definition) is 1. The molecule has 194 valence electrons. The average molecular weight is 535 g/mol. The zero-order valence-electron chi connectivity index (χ0n) is 20.6. The van der Waals surface area contributed by atoms with Gasteiger partial charge in [0.05, 0.1) is 19.2 Å². The first-order chi connectivity index (χ1) is 17.3. The summed E-state index contributed by atoms with van der Waals surface area (Å²) in [6, 6.07) is 17.3. The van der Waals surface area contributed by atoms with Crippen molar-refractivity contribution in [3.8, 4) is 0 Å². The van der Waals surface area contributed by atoms with Crippen LogP contribution >= 0.6 is 7.92 Å². The molecule has 3 aromatic carbocycles. The van der Waals surface area contributed by atoms with Crippen molar-refractivity contribution >= 4 is 35.7 Å². The average Bonchev–Trinajstić information content (AvgIpc) is 2.83. The molecule has 1 heterocycles. The lowest BCUT2D eigenvalue weighted by atomic mass is 9.84. The second-order valence-electron chi connectivity index (χ2n) is 9.70. The van der Waals surface area contributed by atoms with E-state index in [4.69, 9.17) is 0 Å². The van der Waals surface area contributed by atoms with Gasteiger partial charge in [0.1, 0.15) is 21.5 Å². The summed E-state index contributed by atoms with van der Waals surface area (Å²) < 4.78 is 89.2. The minimum Gasteiger partial charge on any atom is -0.261 e. The summed E-state index contributed by atoms with van der Waals surface area (Å²) in [5.74, 6) is 0. The zero-order chi connectivity index (χ0) is 27.0. The molecule has 1 nitrogen and oxygen atoms in total. The molecule has 3 aromatic rings. The predicted octanol–water partition coefficient (Wildman–Crippen LogP) is 7.62. The van der Waals surface area contributed by atoms with Crippen molar-refractivity contribution in [1.82, 2.24) is 0 Å². The summed E-state index contributed by atoms with van der Waals surface area (Å²) in [5, 5.41) is 0.173. The van der Waals surface area contributed by atoms with E-state index in [1.807, 2.05) is 13.8 Å². The van der Waals surface area contributed by atoms with E-state index >= 15 is 13.2 Å². The Kier molecular flexibility index (Phi) is 7.40. The van der Waals surface area contributed by atoms with E-state index in [1.165, 1.54) is 0 Å². The van der Waals surface area contributed by atoms with Crippen LogP contribution in [0, 0.1) is 5.41 Å². The highest BCUT2D eigenvalue weighted by Gasteiger charge is 2.50. The van der Waals surface area contributed by atoms with Gasteiger partial charge in [0, 0.05) is 11.8 Å². The third-order valence-electron chi connectivity index (χ3n) is 6.39. The lowest BCUT2D eigenvalue weighted by Gasteiger charge is -2.28. The van der Waals surface area contributed by atoms with Gasteiger partial charge >= 0.3 is 12.4 Å². The van der Waals surface area contributed by atoms with Crippen molar-refractivity contribution in [2.45, 2.75) is 46.0 Å². The van der Waals surface area contributed by atoms with E-state index in [0.29, 0.717) is 17.0 Å². The Labute approximate surface area is 213 Å². The first-order valence-corrected chi connectivity index (χ1v) is 13.4. The summed E-state index contributed by atoms with van der Waals surface area (Å²) in [4.78, 5) is 4.28. The van der Waals surface area contributed by atoms with Gasteiger partial charge in [-0.3, -0.25) is 4.99 Å². The second kappa shape index (κ2) is 10.1. The van der Waals surface area contributed by atoms with Crippen molar-refractivity contribution in [3.63, 3.8) is 0 Å². The van der Waals surface area contributed by atoms with Gasteiger partial charge in [0.15, 0.2) is 0 Å². The molecule has 0 spiro atoms. The van der Waals surface area contributed by atoms with Crippen molar-refractivity contribution in [2.75, 3.05) is 0 Å². The molecular formula is C29H27F6NP+. The first-order valence-electron chi connectivity index (χ1n) is 11.9. The maximum Gasteiger partial charge on any atom is 0.420 e. The van der Waals surface area contributed by atoms with E-state index in [1.54, 1.807) is 79.9 Å². The molecular weight excluding hydrogens is 507 g/mol. The molecule has 0 saturated carbocycles. The number of allylic oxidation sites excluding steroid dienone is 1. The molecule has 8 heteroatoms. The summed E-state index contributed by atoms with van der Waals surface area (Å²) in [5.41, 5.74) is -3.16. The molecule has 1 aliphatic rings. The Morgan fingerprint density at radius 3 is 1.81 bits per heavy atom. The van der Waals surface area contributed by atoms with Gasteiger partial charge in [-0.25, -0.2) is 0 Å². The van der Waals surface area contributed by atoms with Crippen LogP contribution < -0.4 is 15.9 Å². The normalized spacial score (nSPS) is 15.7. The third-order valence-corrected chi connectivity index (χ3v) is 9.23. The highest BCUT2D eigenvalue weighted by Crippen LogP contribution is 2.48. The standard InChI is InChI=1S/C29H26F6NP/c1-4-19-17-22(28(30,31)32)26(37(20-11-7-5-8-12-20)21-13-9-6-10-14-21)25(29(33,34)35)24(19)23-18-27(2,3)15-16-36-23/h5-14,16-18H,4,15H2,1-3H3/p+1. The van der Waals surface area contributed by atoms with Crippen LogP contribution in [-0.4, -0.2) is 6.21 Å². The zero-order valence-corrected chi connectivity index (χ0v) is 21.6. The smallest absolute Gasteiger partial charge is 0.261 e. The topological polar surface area (TPSA) is 12.4 Å². The van der Waals surface area contributed by atoms with Gasteiger partial charge < -0.3 is 0 Å². The van der Waals surface area contributed by atoms with Gasteiger partial charge in [-0.05, 0) is 54.2 Å². The third kappa shape index (κ3) is 5.67. The maximum absolute atomic E-state index is 15.1. The first kappa shape index (κ1) is 27.1. The largest absolute Gasteiger partial charge is 0.420 e. The molecule has 0 atom stereocenters. The van der Waals surface area contributed by atoms with Crippen LogP contribution in [0.2, 0.25) is 0 Å². The Balaban J connectivity index is 2.22. The van der Waals surface area contributed by atoms with E-state index in [9.17, 15) is 13.2 Å². The van der Waals surface area contributed by atoms with Gasteiger partial charge in [-0.2, -0.15) is 26.3 Å². The van der Waals surface area contributed by atoms with Crippen molar-refractivity contribution in [1.29, 1.82) is 0 Å². The number of benzene rings is 3. The van der Waals surface area contributed by atoms with E-state index < -0.39 is 42.1 Å². The van der Waals surface area contributed by atoms with Crippen LogP contribution in [0.3, 0.4) is 0 Å². The van der Waals surface area contributed by atoms with Gasteiger partial charge in [0.25, 0.3) is 0 Å². The van der Waals surface area contributed by atoms with Crippen LogP contribution in [0.15, 0.2) is 77.8 Å². The van der Waals surface area contributed by atoms with Crippen LogP contribution in [0.5, 0.6) is 0 Å². The molecule has 0 aromatic heterocycles. The van der Waals surface area contributed by atoms with Crippen LogP contribution in [0.4, 0.5) is 26.3 Å². The lowest BCUT2D eigenvalue weighted by Crippen LogP contribution is -2.34. The summed E-state index contributed by atoms with van der Waals surface area (Å²) >= 11 is 0. The highest BCUT2D eigenvalue weighted by atomic mass is 31.1. The quantitative estimate of drug-likeness (QED) is 0.236. The molecule has 0 fully saturated rings. The summed E-state index contributed by atoms with van der Waals surface area (Å²) in [7, 11) is -2.73. The molecule has 0 N–H and O–H groups in total. The second-order valence-corrected chi connectivity index (χ2v) is 12.1. The molecule has 37 heavy (non-hydrogen) atoms. The number of halogens is 6. The molecule has 0 bridgehead atoms. The molecule has 0 unspecified atom stereocenters. The molecule has 4 rings (SSSR count). The van der Waals surface area contributed by atoms with Crippen molar-refractivity contribution < 1.29 is 26.3 Å². The van der Waals surface area contributed by atoms with E-state index in [-0.39, 0.29) is 23.2 Å². The fourth-order valence-electron chi connectivity index (χ4n) is 4.72. The van der Waals surface area contributed by atoms with Gasteiger partial charge in [-0.15, -0.1) is 0 Å². The number of hydrogen-bond donors (Lipinski definition) is 0. The van der Waals surface area contributed by atoms with Gasteiger partial charge in [-0.1, -0.05) is 63.2 Å². The monoisotopic (exact) mass is 534 g/mol. The predicted molar refractivity (Wildman–Crippen MR) is 141 cm³/mol. The Morgan fingerprint density at radius 1 is 0.838 bits per heavy atom. The van der Waals surface area contributed by atoms with Crippen LogP contribution in [0.25, 0.3) is 5.70 Å². The fraction of sp³-hybridized carbons (Fsp3) is 0.276. The minimum atomic E-state index is -5.05. The van der Waals surface area contributed by atoms with Gasteiger partial charge in [0.2, 0.25) is 0 Å². The number of alkyl halides is 6. The number of aryl methyl sites for hydroxylation is 1. The Bertz CT molecular complexity index is 1280.